The SMILES string of the molecule is CCCCCCCCCCCCOc1ccc(N=Cc2ccc(C(=O)O)cc2)cc1F. The molecule has 0 aliphatic heterocycles. The minimum absolute atomic E-state index is 0.215. The van der Waals surface area contributed by atoms with E-state index in [-0.39, 0.29) is 11.3 Å². The van der Waals surface area contributed by atoms with E-state index in [4.69, 9.17) is 9.84 Å². The zero-order valence-corrected chi connectivity index (χ0v) is 18.5. The topological polar surface area (TPSA) is 58.9 Å². The molecule has 0 spiro atoms. The van der Waals surface area contributed by atoms with Crippen LogP contribution in [0.2, 0.25) is 0 Å². The molecule has 31 heavy (non-hydrogen) atoms. The second-order valence-corrected chi connectivity index (χ2v) is 7.83. The molecule has 0 bridgehead atoms. The van der Waals surface area contributed by atoms with Crippen molar-refractivity contribution in [3.63, 3.8) is 0 Å². The van der Waals surface area contributed by atoms with Gasteiger partial charge in [-0.3, -0.25) is 4.99 Å². The number of unbranched alkanes of at least 4 members (excludes halogenated alkanes) is 9. The summed E-state index contributed by atoms with van der Waals surface area (Å²) in [5.74, 6) is -1.15. The molecule has 0 aromatic heterocycles. The molecule has 2 aromatic carbocycles. The fraction of sp³-hybridized carbons (Fsp3) is 0.462. The smallest absolute Gasteiger partial charge is 0.335 e. The van der Waals surface area contributed by atoms with Crippen LogP contribution < -0.4 is 4.74 Å². The van der Waals surface area contributed by atoms with E-state index >= 15 is 0 Å². The Hall–Kier alpha value is -2.69. The van der Waals surface area contributed by atoms with Crippen LogP contribution in [-0.2, 0) is 0 Å². The van der Waals surface area contributed by atoms with Gasteiger partial charge in [0.1, 0.15) is 0 Å². The highest BCUT2D eigenvalue weighted by atomic mass is 19.1. The Morgan fingerprint density at radius 3 is 2.13 bits per heavy atom. The summed E-state index contributed by atoms with van der Waals surface area (Å²) in [4.78, 5) is 15.1. The van der Waals surface area contributed by atoms with E-state index in [2.05, 4.69) is 11.9 Å². The molecule has 0 aliphatic rings. The van der Waals surface area contributed by atoms with Gasteiger partial charge < -0.3 is 9.84 Å². The summed E-state index contributed by atoms with van der Waals surface area (Å²) in [5.41, 5.74) is 1.44. The molecule has 168 valence electrons. The highest BCUT2D eigenvalue weighted by molar-refractivity contribution is 5.89. The highest BCUT2D eigenvalue weighted by Gasteiger charge is 2.05. The van der Waals surface area contributed by atoms with Crippen molar-refractivity contribution < 1.29 is 19.0 Å². The fourth-order valence-corrected chi connectivity index (χ4v) is 3.32. The number of hydrogen-bond acceptors (Lipinski definition) is 3. The monoisotopic (exact) mass is 427 g/mol. The lowest BCUT2D eigenvalue weighted by atomic mass is 10.1. The van der Waals surface area contributed by atoms with Crippen molar-refractivity contribution in [3.05, 3.63) is 59.4 Å². The van der Waals surface area contributed by atoms with Crippen LogP contribution in [0.15, 0.2) is 47.5 Å². The van der Waals surface area contributed by atoms with Crippen molar-refractivity contribution >= 4 is 17.9 Å². The second kappa shape index (κ2) is 14.3. The minimum atomic E-state index is -0.973. The number of halogens is 1. The first-order valence-corrected chi connectivity index (χ1v) is 11.4. The first kappa shape index (κ1) is 24.6. The molecule has 0 fully saturated rings. The van der Waals surface area contributed by atoms with Crippen LogP contribution in [0.5, 0.6) is 5.75 Å². The van der Waals surface area contributed by atoms with Gasteiger partial charge in [-0.1, -0.05) is 76.8 Å². The van der Waals surface area contributed by atoms with Crippen molar-refractivity contribution in [1.82, 2.24) is 0 Å². The van der Waals surface area contributed by atoms with E-state index in [0.29, 0.717) is 12.3 Å². The van der Waals surface area contributed by atoms with Crippen molar-refractivity contribution in [1.29, 1.82) is 0 Å². The van der Waals surface area contributed by atoms with Gasteiger partial charge in [0.15, 0.2) is 11.6 Å². The van der Waals surface area contributed by atoms with E-state index in [0.717, 1.165) is 18.4 Å². The van der Waals surface area contributed by atoms with Crippen LogP contribution in [0, 0.1) is 5.82 Å². The second-order valence-electron chi connectivity index (χ2n) is 7.83. The molecule has 1 N–H and O–H groups in total. The van der Waals surface area contributed by atoms with Crippen molar-refractivity contribution in [3.8, 4) is 5.75 Å². The molecule has 2 aromatic rings. The maximum atomic E-state index is 14.3. The first-order valence-electron chi connectivity index (χ1n) is 11.4. The molecule has 0 atom stereocenters. The number of carboxylic acids is 1. The average molecular weight is 428 g/mol. The Balaban J connectivity index is 1.66. The predicted molar refractivity (Wildman–Crippen MR) is 124 cm³/mol. The van der Waals surface area contributed by atoms with Gasteiger partial charge in [-0.25, -0.2) is 9.18 Å². The molecule has 0 radical (unpaired) electrons. The van der Waals surface area contributed by atoms with Gasteiger partial charge >= 0.3 is 5.97 Å². The zero-order valence-electron chi connectivity index (χ0n) is 18.5. The van der Waals surface area contributed by atoms with Crippen LogP contribution in [0.1, 0.15) is 87.1 Å². The Kier molecular flexibility index (Phi) is 11.4. The minimum Gasteiger partial charge on any atom is -0.491 e. The molecule has 4 nitrogen and oxygen atoms in total. The third kappa shape index (κ3) is 9.77. The molecule has 0 saturated carbocycles. The fourth-order valence-electron chi connectivity index (χ4n) is 3.32. The molecular weight excluding hydrogens is 393 g/mol. The number of rotatable bonds is 15. The third-order valence-corrected chi connectivity index (χ3v) is 5.19. The Morgan fingerprint density at radius 2 is 1.55 bits per heavy atom. The normalized spacial score (nSPS) is 11.2. The average Bonchev–Trinajstić information content (AvgIpc) is 2.77. The number of benzene rings is 2. The predicted octanol–water partition coefficient (Wildman–Crippen LogP) is 7.57. The standard InChI is InChI=1S/C26H34FNO3/c1-2-3-4-5-6-7-8-9-10-11-18-31-25-17-16-23(19-24(25)27)28-20-21-12-14-22(15-13-21)26(29)30/h12-17,19-20H,2-11,18H2,1H3,(H,29,30). The van der Waals surface area contributed by atoms with Crippen molar-refractivity contribution in [2.75, 3.05) is 6.61 Å². The summed E-state index contributed by atoms with van der Waals surface area (Å²) < 4.78 is 19.8. The zero-order chi connectivity index (χ0) is 22.3. The summed E-state index contributed by atoms with van der Waals surface area (Å²) in [5, 5.41) is 8.91. The first-order chi connectivity index (χ1) is 15.1. The lowest BCUT2D eigenvalue weighted by Gasteiger charge is -2.08. The van der Waals surface area contributed by atoms with Gasteiger partial charge in [0.25, 0.3) is 0 Å². The number of nitrogens with zero attached hydrogens (tertiary/aromatic N) is 1. The number of carbonyl (C=O) groups is 1. The van der Waals surface area contributed by atoms with Gasteiger partial charge in [-0.15, -0.1) is 0 Å². The van der Waals surface area contributed by atoms with Crippen LogP contribution in [-0.4, -0.2) is 23.9 Å². The van der Waals surface area contributed by atoms with Gasteiger partial charge in [-0.05, 0) is 36.2 Å². The van der Waals surface area contributed by atoms with Crippen molar-refractivity contribution in [2.45, 2.75) is 71.1 Å². The maximum absolute atomic E-state index is 14.3. The summed E-state index contributed by atoms with van der Waals surface area (Å²) in [6.45, 7) is 2.76. The molecule has 2 rings (SSSR count). The number of aliphatic imine (C=N–C) groups is 1. The summed E-state index contributed by atoms with van der Waals surface area (Å²) in [6, 6.07) is 11.0. The Labute approximate surface area is 185 Å². The maximum Gasteiger partial charge on any atom is 0.335 e. The number of ether oxygens (including phenoxy) is 1. The molecule has 0 unspecified atom stereocenters. The molecular formula is C26H34FNO3. The van der Waals surface area contributed by atoms with Gasteiger partial charge in [0.2, 0.25) is 0 Å². The summed E-state index contributed by atoms with van der Waals surface area (Å²) in [7, 11) is 0. The summed E-state index contributed by atoms with van der Waals surface area (Å²) >= 11 is 0. The van der Waals surface area contributed by atoms with Crippen LogP contribution in [0.3, 0.4) is 0 Å². The Bertz CT molecular complexity index is 818. The van der Waals surface area contributed by atoms with E-state index in [1.807, 2.05) is 0 Å². The number of aromatic carboxylic acids is 1. The van der Waals surface area contributed by atoms with Crippen LogP contribution in [0.4, 0.5) is 10.1 Å². The van der Waals surface area contributed by atoms with Crippen LogP contribution in [0.25, 0.3) is 0 Å². The van der Waals surface area contributed by atoms with Crippen molar-refractivity contribution in [2.24, 2.45) is 4.99 Å². The van der Waals surface area contributed by atoms with Crippen LogP contribution >= 0.6 is 0 Å². The molecule has 0 saturated heterocycles. The molecule has 0 aliphatic carbocycles. The third-order valence-electron chi connectivity index (χ3n) is 5.19. The molecule has 5 heteroatoms. The van der Waals surface area contributed by atoms with E-state index in [1.165, 1.54) is 69.6 Å². The lowest BCUT2D eigenvalue weighted by molar-refractivity contribution is 0.0697. The lowest BCUT2D eigenvalue weighted by Crippen LogP contribution is -1.99. The highest BCUT2D eigenvalue weighted by Crippen LogP contribution is 2.23. The van der Waals surface area contributed by atoms with E-state index < -0.39 is 11.8 Å². The number of carboxylic acid groups (broad SMARTS) is 1. The molecule has 0 heterocycles. The van der Waals surface area contributed by atoms with Gasteiger partial charge in [-0.2, -0.15) is 0 Å². The van der Waals surface area contributed by atoms with E-state index in [9.17, 15) is 9.18 Å². The largest absolute Gasteiger partial charge is 0.491 e. The number of hydrogen-bond donors (Lipinski definition) is 1. The summed E-state index contributed by atoms with van der Waals surface area (Å²) in [6.07, 6.45) is 14.1. The van der Waals surface area contributed by atoms with Gasteiger partial charge in [0, 0.05) is 12.3 Å². The quantitative estimate of drug-likeness (QED) is 0.235. The van der Waals surface area contributed by atoms with E-state index in [1.54, 1.807) is 30.5 Å². The Morgan fingerprint density at radius 1 is 0.935 bits per heavy atom. The molecule has 0 amide bonds. The van der Waals surface area contributed by atoms with Gasteiger partial charge in [0.05, 0.1) is 17.9 Å².